The largest absolute Gasteiger partial charge is 0.445 e. The summed E-state index contributed by atoms with van der Waals surface area (Å²) in [5.74, 6) is 0. The number of amides is 1. The zero-order chi connectivity index (χ0) is 20.6. The summed E-state index contributed by atoms with van der Waals surface area (Å²) in [6.45, 7) is 1.00. The molecule has 2 aromatic carbocycles. The fourth-order valence-electron chi connectivity index (χ4n) is 4.77. The minimum absolute atomic E-state index is 0.230. The number of fused-ring (bicyclic) bond motifs is 3. The third-order valence-corrected chi connectivity index (χ3v) is 6.10. The van der Waals surface area contributed by atoms with E-state index in [1.807, 2.05) is 60.7 Å². The van der Waals surface area contributed by atoms with E-state index >= 15 is 0 Å². The molecule has 0 aliphatic carbocycles. The topological polar surface area (TPSA) is 71.9 Å². The summed E-state index contributed by atoms with van der Waals surface area (Å²) in [4.78, 5) is 19.2. The van der Waals surface area contributed by atoms with Crippen molar-refractivity contribution in [1.29, 1.82) is 0 Å². The van der Waals surface area contributed by atoms with Crippen molar-refractivity contribution in [2.24, 2.45) is 0 Å². The number of nitrogens with zero attached hydrogens (tertiary/aromatic N) is 2. The predicted octanol–water partition coefficient (Wildman–Crippen LogP) is 3.62. The molecule has 0 radical (unpaired) electrons. The first-order valence-corrected chi connectivity index (χ1v) is 10.3. The van der Waals surface area contributed by atoms with E-state index in [2.05, 4.69) is 4.98 Å². The van der Waals surface area contributed by atoms with Gasteiger partial charge in [-0.15, -0.1) is 0 Å². The predicted molar refractivity (Wildman–Crippen MR) is 112 cm³/mol. The molecule has 1 N–H and O–H groups in total. The average molecular weight is 404 g/mol. The van der Waals surface area contributed by atoms with E-state index in [1.54, 1.807) is 11.1 Å². The van der Waals surface area contributed by atoms with Gasteiger partial charge >= 0.3 is 6.09 Å². The molecule has 0 saturated carbocycles. The van der Waals surface area contributed by atoms with Gasteiger partial charge in [0.1, 0.15) is 6.61 Å². The minimum atomic E-state index is -1.07. The molecule has 30 heavy (non-hydrogen) atoms. The summed E-state index contributed by atoms with van der Waals surface area (Å²) in [5.41, 5.74) is 1.50. The first kappa shape index (κ1) is 19.0. The van der Waals surface area contributed by atoms with Crippen LogP contribution in [0.3, 0.4) is 0 Å². The number of pyridine rings is 1. The maximum Gasteiger partial charge on any atom is 0.410 e. The maximum absolute atomic E-state index is 12.9. The molecule has 2 aliphatic heterocycles. The van der Waals surface area contributed by atoms with E-state index < -0.39 is 5.60 Å². The van der Waals surface area contributed by atoms with E-state index in [0.717, 1.165) is 22.0 Å². The fraction of sp³-hybridized carbons (Fsp3) is 0.333. The SMILES string of the molecule is O=C(OCc1ccccc1)N1C2COCC1CC(O)(c1cccc3cccnc13)C2. The molecular weight excluding hydrogens is 380 g/mol. The Morgan fingerprint density at radius 3 is 2.57 bits per heavy atom. The number of hydrogen-bond donors (Lipinski definition) is 1. The number of para-hydroxylation sites is 1. The van der Waals surface area contributed by atoms with Crippen molar-refractivity contribution < 1.29 is 19.4 Å². The molecule has 2 atom stereocenters. The highest BCUT2D eigenvalue weighted by molar-refractivity contribution is 5.82. The van der Waals surface area contributed by atoms with Crippen molar-refractivity contribution in [3.8, 4) is 0 Å². The molecule has 2 aliphatic rings. The zero-order valence-electron chi connectivity index (χ0n) is 16.6. The van der Waals surface area contributed by atoms with Gasteiger partial charge in [0, 0.05) is 30.0 Å². The van der Waals surface area contributed by atoms with Gasteiger partial charge in [0.2, 0.25) is 0 Å². The van der Waals surface area contributed by atoms with Crippen molar-refractivity contribution in [3.05, 3.63) is 78.0 Å². The van der Waals surface area contributed by atoms with Gasteiger partial charge in [0.15, 0.2) is 0 Å². The smallest absolute Gasteiger partial charge is 0.410 e. The van der Waals surface area contributed by atoms with Crippen LogP contribution in [-0.4, -0.2) is 46.4 Å². The number of piperidine rings is 1. The summed E-state index contributed by atoms with van der Waals surface area (Å²) in [5, 5.41) is 12.7. The van der Waals surface area contributed by atoms with Gasteiger partial charge in [-0.2, -0.15) is 0 Å². The number of rotatable bonds is 3. The molecule has 5 rings (SSSR count). The Bertz CT molecular complexity index is 1040. The second-order valence-corrected chi connectivity index (χ2v) is 8.11. The van der Waals surface area contributed by atoms with Gasteiger partial charge in [-0.25, -0.2) is 4.79 Å². The molecule has 3 aromatic rings. The quantitative estimate of drug-likeness (QED) is 0.722. The highest BCUT2D eigenvalue weighted by Crippen LogP contribution is 2.43. The molecule has 6 nitrogen and oxygen atoms in total. The van der Waals surface area contributed by atoms with Crippen LogP contribution in [0.25, 0.3) is 10.9 Å². The fourth-order valence-corrected chi connectivity index (χ4v) is 4.77. The number of hydrogen-bond acceptors (Lipinski definition) is 5. The Hall–Kier alpha value is -2.96. The van der Waals surface area contributed by atoms with Crippen LogP contribution in [0.2, 0.25) is 0 Å². The molecular formula is C24H24N2O4. The second kappa shape index (κ2) is 7.70. The van der Waals surface area contributed by atoms with Crippen LogP contribution in [0.5, 0.6) is 0 Å². The highest BCUT2D eigenvalue weighted by Gasteiger charge is 2.50. The lowest BCUT2D eigenvalue weighted by molar-refractivity contribution is -0.136. The molecule has 2 fully saturated rings. The molecule has 6 heteroatoms. The van der Waals surface area contributed by atoms with Crippen LogP contribution in [0, 0.1) is 0 Å². The highest BCUT2D eigenvalue weighted by atomic mass is 16.6. The zero-order valence-corrected chi connectivity index (χ0v) is 16.6. The summed E-state index contributed by atoms with van der Waals surface area (Å²) < 4.78 is 11.3. The number of benzene rings is 2. The van der Waals surface area contributed by atoms with E-state index in [9.17, 15) is 9.90 Å². The van der Waals surface area contributed by atoms with Crippen molar-refractivity contribution in [2.75, 3.05) is 13.2 Å². The Morgan fingerprint density at radius 2 is 1.80 bits per heavy atom. The summed E-state index contributed by atoms with van der Waals surface area (Å²) in [7, 11) is 0. The number of aromatic nitrogens is 1. The molecule has 1 amide bonds. The van der Waals surface area contributed by atoms with E-state index in [0.29, 0.717) is 26.1 Å². The first-order valence-electron chi connectivity index (χ1n) is 10.3. The molecule has 2 saturated heterocycles. The summed E-state index contributed by atoms with van der Waals surface area (Å²) in [6.07, 6.45) is 2.17. The number of morpholine rings is 1. The Kier molecular flexibility index (Phi) is 4.89. The van der Waals surface area contributed by atoms with Gasteiger partial charge in [-0.05, 0) is 11.6 Å². The number of carbonyl (C=O) groups excluding carboxylic acids is 1. The van der Waals surface area contributed by atoms with Crippen molar-refractivity contribution in [1.82, 2.24) is 9.88 Å². The maximum atomic E-state index is 12.9. The molecule has 2 bridgehead atoms. The van der Waals surface area contributed by atoms with Crippen LogP contribution in [0.1, 0.15) is 24.0 Å². The van der Waals surface area contributed by atoms with Crippen LogP contribution in [0.15, 0.2) is 66.9 Å². The van der Waals surface area contributed by atoms with Crippen molar-refractivity contribution >= 4 is 17.0 Å². The van der Waals surface area contributed by atoms with E-state index in [1.165, 1.54) is 0 Å². The Labute approximate surface area is 175 Å². The van der Waals surface area contributed by atoms with Crippen LogP contribution in [-0.2, 0) is 21.7 Å². The summed E-state index contributed by atoms with van der Waals surface area (Å²) in [6, 6.07) is 18.9. The van der Waals surface area contributed by atoms with Gasteiger partial charge in [-0.1, -0.05) is 54.6 Å². The van der Waals surface area contributed by atoms with Gasteiger partial charge in [-0.3, -0.25) is 9.88 Å². The van der Waals surface area contributed by atoms with Crippen LogP contribution < -0.4 is 0 Å². The molecule has 2 unspecified atom stereocenters. The third kappa shape index (κ3) is 3.42. The Morgan fingerprint density at radius 1 is 1.07 bits per heavy atom. The molecule has 3 heterocycles. The lowest BCUT2D eigenvalue weighted by Gasteiger charge is -2.51. The number of carbonyl (C=O) groups is 1. The van der Waals surface area contributed by atoms with Crippen LogP contribution >= 0.6 is 0 Å². The lowest BCUT2D eigenvalue weighted by Crippen LogP contribution is -2.62. The molecule has 1 aromatic heterocycles. The normalized spacial score (nSPS) is 25.8. The molecule has 0 spiro atoms. The number of ether oxygens (including phenoxy) is 2. The monoisotopic (exact) mass is 404 g/mol. The first-order chi connectivity index (χ1) is 14.6. The standard InChI is InChI=1S/C24H24N2O4/c27-23(30-14-17-6-2-1-3-7-17)26-19-12-24(28,13-20(26)16-29-15-19)21-10-4-8-18-9-5-11-25-22(18)21/h1-11,19-20,28H,12-16H2. The van der Waals surface area contributed by atoms with Gasteiger partial charge in [0.25, 0.3) is 0 Å². The average Bonchev–Trinajstić information content (AvgIpc) is 2.77. The van der Waals surface area contributed by atoms with Crippen molar-refractivity contribution in [3.63, 3.8) is 0 Å². The van der Waals surface area contributed by atoms with E-state index in [-0.39, 0.29) is 24.8 Å². The van der Waals surface area contributed by atoms with Crippen molar-refractivity contribution in [2.45, 2.75) is 37.1 Å². The minimum Gasteiger partial charge on any atom is -0.445 e. The third-order valence-electron chi connectivity index (χ3n) is 6.10. The van der Waals surface area contributed by atoms with Gasteiger partial charge < -0.3 is 14.6 Å². The van der Waals surface area contributed by atoms with Crippen LogP contribution in [0.4, 0.5) is 4.79 Å². The lowest BCUT2D eigenvalue weighted by atomic mass is 9.76. The van der Waals surface area contributed by atoms with Gasteiger partial charge in [0.05, 0.1) is 36.4 Å². The second-order valence-electron chi connectivity index (χ2n) is 8.11. The Balaban J connectivity index is 1.38. The van der Waals surface area contributed by atoms with E-state index in [4.69, 9.17) is 9.47 Å². The summed E-state index contributed by atoms with van der Waals surface area (Å²) >= 11 is 0. The number of aliphatic hydroxyl groups is 1. The molecule has 154 valence electrons.